The number of benzene rings is 2. The number of nitrogens with two attached hydrogens (primary N) is 1. The molecule has 7 heteroatoms. The van der Waals surface area contributed by atoms with Crippen molar-refractivity contribution in [2.24, 2.45) is 5.73 Å². The maximum atomic E-state index is 10.1. The second kappa shape index (κ2) is 12.3. The van der Waals surface area contributed by atoms with E-state index in [1.165, 1.54) is 0 Å². The maximum absolute atomic E-state index is 10.1. The number of allylic oxidation sites excluding steroid dienone is 1. The number of aliphatic hydroxyl groups is 2. The van der Waals surface area contributed by atoms with E-state index in [1.807, 2.05) is 38.6 Å². The average Bonchev–Trinajstić information content (AvgIpc) is 2.74. The number of halogens is 1. The summed E-state index contributed by atoms with van der Waals surface area (Å²) in [6, 6.07) is 16.0. The van der Waals surface area contributed by atoms with Crippen LogP contribution < -0.4 is 16.3 Å². The Hall–Kier alpha value is -1.67. The Morgan fingerprint density at radius 3 is 2.47 bits per heavy atom. The molecule has 0 aliphatic rings. The summed E-state index contributed by atoms with van der Waals surface area (Å²) < 4.78 is 0. The molecule has 4 unspecified atom stereocenters. The Balaban J connectivity index is 1.78. The minimum absolute atomic E-state index is 0.120. The zero-order chi connectivity index (χ0) is 22.1. The molecule has 6 N–H and O–H groups in total. The van der Waals surface area contributed by atoms with Crippen LogP contribution in [0.15, 0.2) is 60.6 Å². The Morgan fingerprint density at radius 2 is 1.87 bits per heavy atom. The van der Waals surface area contributed by atoms with E-state index in [9.17, 15) is 10.2 Å². The fraction of sp³-hybridized carbons (Fsp3) is 0.391. The second-order valence-corrected chi connectivity index (χ2v) is 7.99. The molecule has 2 rings (SSSR count). The fourth-order valence-electron chi connectivity index (χ4n) is 3.15. The first-order valence-corrected chi connectivity index (χ1v) is 10.7. The van der Waals surface area contributed by atoms with Crippen molar-refractivity contribution in [2.75, 3.05) is 0 Å². The van der Waals surface area contributed by atoms with Crippen molar-refractivity contribution in [1.29, 1.82) is 0 Å². The Morgan fingerprint density at radius 1 is 1.17 bits per heavy atom. The highest BCUT2D eigenvalue weighted by Crippen LogP contribution is 2.24. The highest BCUT2D eigenvalue weighted by Gasteiger charge is 2.17. The highest BCUT2D eigenvalue weighted by molar-refractivity contribution is 6.42. The van der Waals surface area contributed by atoms with Gasteiger partial charge in [0.15, 0.2) is 0 Å². The molecule has 0 aliphatic heterocycles. The van der Waals surface area contributed by atoms with Crippen LogP contribution in [-0.4, -0.2) is 36.1 Å². The van der Waals surface area contributed by atoms with Gasteiger partial charge in [-0.25, -0.2) is 0 Å². The van der Waals surface area contributed by atoms with Crippen molar-refractivity contribution in [3.8, 4) is 11.1 Å². The molecule has 30 heavy (non-hydrogen) atoms. The first-order valence-electron chi connectivity index (χ1n) is 10.3. The van der Waals surface area contributed by atoms with Gasteiger partial charge in [-0.05, 0) is 55.0 Å². The molecule has 1 radical (unpaired) electrons. The average molecular weight is 429 g/mol. The molecule has 5 nitrogen and oxygen atoms in total. The zero-order valence-corrected chi connectivity index (χ0v) is 18.4. The molecule has 0 amide bonds. The van der Waals surface area contributed by atoms with Crippen molar-refractivity contribution < 1.29 is 10.2 Å². The molecule has 0 fully saturated rings. The van der Waals surface area contributed by atoms with Crippen molar-refractivity contribution in [3.63, 3.8) is 0 Å². The molecule has 0 bridgehead atoms. The summed E-state index contributed by atoms with van der Waals surface area (Å²) in [5.41, 5.74) is 9.74. The van der Waals surface area contributed by atoms with E-state index in [0.717, 1.165) is 27.2 Å². The van der Waals surface area contributed by atoms with Gasteiger partial charge in [-0.2, -0.15) is 0 Å². The lowest BCUT2D eigenvalue weighted by molar-refractivity contribution is 0.0623. The Bertz CT molecular complexity index is 801. The molecule has 2 aromatic rings. The number of rotatable bonds is 12. The van der Waals surface area contributed by atoms with Crippen LogP contribution >= 0.6 is 11.6 Å². The SMILES string of the molecule is C=C([B]NC(C)c1ccc(-c2cccc(Cl)c2)cc1)CCC(O)NC(CC)C(N)O. The van der Waals surface area contributed by atoms with Crippen LogP contribution in [0.4, 0.5) is 0 Å². The molecule has 2 aromatic carbocycles. The van der Waals surface area contributed by atoms with Crippen molar-refractivity contribution in [1.82, 2.24) is 10.5 Å². The maximum Gasteiger partial charge on any atom is 0.240 e. The van der Waals surface area contributed by atoms with Gasteiger partial charge in [-0.1, -0.05) is 60.4 Å². The van der Waals surface area contributed by atoms with E-state index >= 15 is 0 Å². The first kappa shape index (κ1) is 24.6. The van der Waals surface area contributed by atoms with Gasteiger partial charge in [-0.3, -0.25) is 5.32 Å². The third-order valence-corrected chi connectivity index (χ3v) is 5.34. The van der Waals surface area contributed by atoms with Crippen LogP contribution in [0.25, 0.3) is 11.1 Å². The summed E-state index contributed by atoms with van der Waals surface area (Å²) in [6.07, 6.45) is 0.0143. The molecule has 0 spiro atoms. The molecule has 0 aromatic heterocycles. The summed E-state index contributed by atoms with van der Waals surface area (Å²) in [6.45, 7) is 8.03. The Kier molecular flexibility index (Phi) is 10.0. The van der Waals surface area contributed by atoms with E-state index in [4.69, 9.17) is 17.3 Å². The summed E-state index contributed by atoms with van der Waals surface area (Å²) >= 11 is 6.08. The van der Waals surface area contributed by atoms with Gasteiger partial charge >= 0.3 is 0 Å². The highest BCUT2D eigenvalue weighted by atomic mass is 35.5. The largest absolute Gasteiger partial charge is 0.379 e. The van der Waals surface area contributed by atoms with E-state index in [-0.39, 0.29) is 12.1 Å². The summed E-state index contributed by atoms with van der Waals surface area (Å²) in [5, 5.41) is 26.5. The van der Waals surface area contributed by atoms with E-state index < -0.39 is 12.5 Å². The lowest BCUT2D eigenvalue weighted by Gasteiger charge is -2.23. The third-order valence-electron chi connectivity index (χ3n) is 5.10. The third kappa shape index (κ3) is 7.87. The predicted octanol–water partition coefficient (Wildman–Crippen LogP) is 3.53. The molecule has 4 atom stereocenters. The van der Waals surface area contributed by atoms with Gasteiger partial charge in [0.05, 0.1) is 0 Å². The van der Waals surface area contributed by atoms with Crippen LogP contribution in [0, 0.1) is 0 Å². The lowest BCUT2D eigenvalue weighted by atomic mass is 9.79. The topological polar surface area (TPSA) is 90.5 Å². The van der Waals surface area contributed by atoms with Crippen molar-refractivity contribution in [2.45, 2.75) is 57.6 Å². The van der Waals surface area contributed by atoms with E-state index in [1.54, 1.807) is 0 Å². The standard InChI is InChI=1S/C23H32BClN3O2/c1-4-21(23(26)30)27-22(29)13-8-15(2)24-28-16(3)17-9-11-18(12-10-17)19-6-5-7-20(25)14-19/h5-7,9-12,14,16,21-23,27-30H,2,4,8,13,26H2,1,3H3. The summed E-state index contributed by atoms with van der Waals surface area (Å²) in [4.78, 5) is 0. The van der Waals surface area contributed by atoms with E-state index in [2.05, 4.69) is 48.3 Å². The van der Waals surface area contributed by atoms with Crippen LogP contribution in [0.2, 0.25) is 5.02 Å². The molecule has 161 valence electrons. The molecule has 0 saturated carbocycles. The normalized spacial score (nSPS) is 15.3. The smallest absolute Gasteiger partial charge is 0.240 e. The van der Waals surface area contributed by atoms with Crippen LogP contribution in [0.5, 0.6) is 0 Å². The Labute approximate surface area is 185 Å². The number of hydrogen-bond acceptors (Lipinski definition) is 5. The molecular formula is C23H32BClN3O2. The van der Waals surface area contributed by atoms with Crippen LogP contribution in [-0.2, 0) is 0 Å². The zero-order valence-electron chi connectivity index (χ0n) is 17.7. The van der Waals surface area contributed by atoms with Crippen molar-refractivity contribution >= 4 is 19.0 Å². The van der Waals surface area contributed by atoms with E-state index in [0.29, 0.717) is 19.3 Å². The number of aliphatic hydroxyl groups excluding tert-OH is 2. The van der Waals surface area contributed by atoms with Gasteiger partial charge in [0.1, 0.15) is 12.5 Å². The van der Waals surface area contributed by atoms with Gasteiger partial charge in [-0.15, -0.1) is 6.58 Å². The van der Waals surface area contributed by atoms with Crippen LogP contribution in [0.3, 0.4) is 0 Å². The van der Waals surface area contributed by atoms with Crippen molar-refractivity contribution in [3.05, 3.63) is 71.2 Å². The van der Waals surface area contributed by atoms with Gasteiger partial charge < -0.3 is 21.2 Å². The number of nitrogens with one attached hydrogen (secondary N) is 2. The minimum Gasteiger partial charge on any atom is -0.379 e. The molecule has 0 aliphatic carbocycles. The predicted molar refractivity (Wildman–Crippen MR) is 126 cm³/mol. The minimum atomic E-state index is -0.993. The summed E-state index contributed by atoms with van der Waals surface area (Å²) in [5.74, 6) is 0. The fourth-order valence-corrected chi connectivity index (χ4v) is 3.34. The van der Waals surface area contributed by atoms with Gasteiger partial charge in [0.25, 0.3) is 0 Å². The molecular weight excluding hydrogens is 397 g/mol. The molecule has 0 saturated heterocycles. The monoisotopic (exact) mass is 428 g/mol. The number of hydrogen-bond donors (Lipinski definition) is 5. The first-order chi connectivity index (χ1) is 14.3. The quantitative estimate of drug-likeness (QED) is 0.263. The second-order valence-electron chi connectivity index (χ2n) is 7.55. The van der Waals surface area contributed by atoms with Gasteiger partial charge in [0.2, 0.25) is 7.41 Å². The van der Waals surface area contributed by atoms with Gasteiger partial charge in [0, 0.05) is 17.1 Å². The van der Waals surface area contributed by atoms with Crippen LogP contribution in [0.1, 0.15) is 44.7 Å². The lowest BCUT2D eigenvalue weighted by Crippen LogP contribution is -2.48. The molecule has 0 heterocycles. The summed E-state index contributed by atoms with van der Waals surface area (Å²) in [7, 11) is 1.89.